The van der Waals surface area contributed by atoms with E-state index in [1.54, 1.807) is 0 Å². The van der Waals surface area contributed by atoms with E-state index in [2.05, 4.69) is 235 Å². The molecule has 0 aliphatic heterocycles. The van der Waals surface area contributed by atoms with Crippen molar-refractivity contribution in [1.82, 2.24) is 19.1 Å². The van der Waals surface area contributed by atoms with E-state index in [4.69, 9.17) is 9.97 Å². The Hall–Kier alpha value is -8.60. The minimum atomic E-state index is -0.137. The molecule has 3 aromatic heterocycles. The van der Waals surface area contributed by atoms with Gasteiger partial charge in [-0.3, -0.25) is 0 Å². The molecule has 3 heterocycles. The minimum absolute atomic E-state index is 0.0557. The van der Waals surface area contributed by atoms with Gasteiger partial charge in [-0.2, -0.15) is 0 Å². The van der Waals surface area contributed by atoms with Crippen LogP contribution >= 0.6 is 0 Å². The van der Waals surface area contributed by atoms with Crippen molar-refractivity contribution in [1.29, 1.82) is 0 Å². The summed E-state index contributed by atoms with van der Waals surface area (Å²) >= 11 is 0. The Balaban J connectivity index is 0.978. The Morgan fingerprint density at radius 2 is 1.04 bits per heavy atom. The Morgan fingerprint density at radius 1 is 0.426 bits per heavy atom. The van der Waals surface area contributed by atoms with Crippen molar-refractivity contribution in [2.75, 3.05) is 0 Å². The molecule has 4 nitrogen and oxygen atoms in total. The second-order valence-corrected chi connectivity index (χ2v) is 19.2. The molecule has 1 unspecified atom stereocenters. The molecule has 318 valence electrons. The lowest BCUT2D eigenvalue weighted by atomic mass is 9.82. The molecule has 13 aromatic rings. The van der Waals surface area contributed by atoms with Gasteiger partial charge in [-0.25, -0.2) is 9.97 Å². The fourth-order valence-corrected chi connectivity index (χ4v) is 12.4. The highest BCUT2D eigenvalue weighted by Crippen LogP contribution is 2.54. The summed E-state index contributed by atoms with van der Waals surface area (Å²) in [7, 11) is 0. The summed E-state index contributed by atoms with van der Waals surface area (Å²) in [5.41, 5.74) is 22.2. The topological polar surface area (TPSA) is 35.6 Å². The van der Waals surface area contributed by atoms with Crippen LogP contribution in [0.2, 0.25) is 0 Å². The van der Waals surface area contributed by atoms with E-state index in [1.807, 2.05) is 0 Å². The number of aromatic nitrogens is 4. The highest BCUT2D eigenvalue weighted by molar-refractivity contribution is 6.29. The fourth-order valence-electron chi connectivity index (χ4n) is 12.4. The predicted molar refractivity (Wildman–Crippen MR) is 282 cm³/mol. The zero-order chi connectivity index (χ0) is 44.8. The quantitative estimate of drug-likeness (QED) is 0.177. The molecular weight excluding hydrogens is 825 g/mol. The highest BCUT2D eigenvalue weighted by atomic mass is 15.0. The van der Waals surface area contributed by atoms with E-state index in [0.29, 0.717) is 0 Å². The van der Waals surface area contributed by atoms with Crippen LogP contribution in [-0.4, -0.2) is 19.1 Å². The molecule has 0 bridgehead atoms. The summed E-state index contributed by atoms with van der Waals surface area (Å²) in [6, 6.07) is 78.1. The second kappa shape index (κ2) is 13.7. The van der Waals surface area contributed by atoms with Crippen LogP contribution in [0.1, 0.15) is 47.7 Å². The van der Waals surface area contributed by atoms with E-state index in [1.165, 1.54) is 105 Å². The van der Waals surface area contributed by atoms with Crippen LogP contribution in [0.25, 0.3) is 110 Å². The first kappa shape index (κ1) is 37.6. The molecule has 0 amide bonds. The first-order valence-corrected chi connectivity index (χ1v) is 23.7. The van der Waals surface area contributed by atoms with Gasteiger partial charge in [0.1, 0.15) is 0 Å². The lowest BCUT2D eigenvalue weighted by Gasteiger charge is -2.21. The van der Waals surface area contributed by atoms with Gasteiger partial charge in [-0.1, -0.05) is 166 Å². The maximum absolute atomic E-state index is 5.56. The SMILES string of the molecule is CC1(C)c2ccccc2-c2cc(-n3c4ccccc4c4c5c6ccccc6n(-c6cccc7c6-c6ccccc6C7c6nc7ccccc7nc6-c6ccc7ccccc7c6)c5ccc43)ccc21. The number of rotatable bonds is 4. The van der Waals surface area contributed by atoms with Crippen LogP contribution in [0.5, 0.6) is 0 Å². The average molecular weight is 867 g/mol. The maximum atomic E-state index is 5.56. The van der Waals surface area contributed by atoms with Crippen molar-refractivity contribution in [3.8, 4) is 44.9 Å². The molecular formula is C64H42N4. The van der Waals surface area contributed by atoms with Gasteiger partial charge in [-0.15, -0.1) is 0 Å². The van der Waals surface area contributed by atoms with Crippen molar-refractivity contribution in [3.05, 3.63) is 240 Å². The largest absolute Gasteiger partial charge is 0.309 e. The molecule has 0 saturated heterocycles. The normalized spacial score (nSPS) is 14.6. The van der Waals surface area contributed by atoms with Gasteiger partial charge in [-0.05, 0) is 110 Å². The summed E-state index contributed by atoms with van der Waals surface area (Å²) in [5.74, 6) is -0.137. The van der Waals surface area contributed by atoms with Gasteiger partial charge in [0, 0.05) is 43.8 Å². The van der Waals surface area contributed by atoms with Crippen molar-refractivity contribution in [2.24, 2.45) is 0 Å². The highest BCUT2D eigenvalue weighted by Gasteiger charge is 2.37. The number of para-hydroxylation sites is 4. The standard InChI is InChI=1S/C64H42N4/c1-64(2)49-24-10-7-18-42(49)48-37-41(32-33-50(48)64)67-53-27-13-8-21-45(53)60-56(67)34-35-57-61(60)46-22-9-14-28-54(46)68(57)55-29-15-23-47-58(55)43-19-5-6-20-44(43)59(47)63-62(65-51-25-11-12-26-52(51)66-63)40-31-30-38-16-3-4-17-39(38)36-40/h3-37,59H,1-2H3. The van der Waals surface area contributed by atoms with Gasteiger partial charge >= 0.3 is 0 Å². The van der Waals surface area contributed by atoms with Crippen molar-refractivity contribution in [2.45, 2.75) is 25.2 Å². The number of hydrogen-bond donors (Lipinski definition) is 0. The van der Waals surface area contributed by atoms with Crippen LogP contribution < -0.4 is 0 Å². The van der Waals surface area contributed by atoms with Gasteiger partial charge in [0.05, 0.1) is 56.1 Å². The van der Waals surface area contributed by atoms with E-state index >= 15 is 0 Å². The van der Waals surface area contributed by atoms with E-state index in [-0.39, 0.29) is 11.3 Å². The summed E-state index contributed by atoms with van der Waals surface area (Å²) in [6.45, 7) is 4.71. The molecule has 68 heavy (non-hydrogen) atoms. The summed E-state index contributed by atoms with van der Waals surface area (Å²) in [5, 5.41) is 7.41. The van der Waals surface area contributed by atoms with Crippen LogP contribution in [0, 0.1) is 0 Å². The molecule has 1 atom stereocenters. The first-order chi connectivity index (χ1) is 33.5. The number of benzene rings is 10. The third-order valence-electron chi connectivity index (χ3n) is 15.4. The Morgan fingerprint density at radius 3 is 1.85 bits per heavy atom. The smallest absolute Gasteiger partial charge is 0.0935 e. The summed E-state index contributed by atoms with van der Waals surface area (Å²) in [4.78, 5) is 11.0. The van der Waals surface area contributed by atoms with E-state index < -0.39 is 0 Å². The molecule has 4 heteroatoms. The second-order valence-electron chi connectivity index (χ2n) is 19.2. The molecule has 0 spiro atoms. The fraction of sp³-hybridized carbons (Fsp3) is 0.0625. The van der Waals surface area contributed by atoms with Gasteiger partial charge in [0.25, 0.3) is 0 Å². The lowest BCUT2D eigenvalue weighted by molar-refractivity contribution is 0.660. The Bertz CT molecular complexity index is 4320. The molecule has 2 aliphatic rings. The van der Waals surface area contributed by atoms with Gasteiger partial charge < -0.3 is 9.13 Å². The van der Waals surface area contributed by atoms with Gasteiger partial charge in [0.15, 0.2) is 0 Å². The molecule has 10 aromatic carbocycles. The van der Waals surface area contributed by atoms with Crippen molar-refractivity contribution >= 4 is 65.4 Å². The Labute approximate surface area is 393 Å². The van der Waals surface area contributed by atoms with Crippen LogP contribution in [0.15, 0.2) is 212 Å². The van der Waals surface area contributed by atoms with E-state index in [0.717, 1.165) is 33.7 Å². The third-order valence-corrected chi connectivity index (χ3v) is 15.4. The maximum Gasteiger partial charge on any atom is 0.0935 e. The van der Waals surface area contributed by atoms with Crippen LogP contribution in [0.4, 0.5) is 0 Å². The van der Waals surface area contributed by atoms with E-state index in [9.17, 15) is 0 Å². The number of fused-ring (bicyclic) bond motifs is 15. The third kappa shape index (κ3) is 5.04. The zero-order valence-electron chi connectivity index (χ0n) is 37.6. The lowest BCUT2D eigenvalue weighted by Crippen LogP contribution is -2.14. The van der Waals surface area contributed by atoms with Crippen LogP contribution in [-0.2, 0) is 5.41 Å². The minimum Gasteiger partial charge on any atom is -0.309 e. The molecule has 0 fully saturated rings. The summed E-state index contributed by atoms with van der Waals surface area (Å²) < 4.78 is 5.02. The Kier molecular flexibility index (Phi) is 7.59. The first-order valence-electron chi connectivity index (χ1n) is 23.7. The zero-order valence-corrected chi connectivity index (χ0v) is 37.6. The average Bonchev–Trinajstić information content (AvgIpc) is 4.09. The molecule has 0 N–H and O–H groups in total. The van der Waals surface area contributed by atoms with Crippen LogP contribution in [0.3, 0.4) is 0 Å². The monoisotopic (exact) mass is 866 g/mol. The van der Waals surface area contributed by atoms with Crippen molar-refractivity contribution < 1.29 is 0 Å². The molecule has 2 aliphatic carbocycles. The number of nitrogens with zero attached hydrogens (tertiary/aromatic N) is 4. The number of hydrogen-bond acceptors (Lipinski definition) is 2. The predicted octanol–water partition coefficient (Wildman–Crippen LogP) is 16.1. The van der Waals surface area contributed by atoms with Crippen molar-refractivity contribution in [3.63, 3.8) is 0 Å². The molecule has 15 rings (SSSR count). The summed E-state index contributed by atoms with van der Waals surface area (Å²) in [6.07, 6.45) is 0. The van der Waals surface area contributed by atoms with Gasteiger partial charge in [0.2, 0.25) is 0 Å². The molecule has 0 radical (unpaired) electrons. The molecule has 0 saturated carbocycles.